The van der Waals surface area contributed by atoms with Gasteiger partial charge in [0.05, 0.1) is 20.7 Å². The van der Waals surface area contributed by atoms with Gasteiger partial charge in [0.1, 0.15) is 0 Å². The van der Waals surface area contributed by atoms with Crippen molar-refractivity contribution in [2.24, 2.45) is 0 Å². The van der Waals surface area contributed by atoms with E-state index in [2.05, 4.69) is 10.6 Å². The SMILES string of the molecule is CC(=O)NCCNc1c(Cl)cc([N+](=O)[O-])cc1Cl. The second kappa shape index (κ2) is 6.42. The number of nitro benzene ring substituents is 1. The highest BCUT2D eigenvalue weighted by atomic mass is 35.5. The van der Waals surface area contributed by atoms with Crippen molar-refractivity contribution in [2.45, 2.75) is 6.92 Å². The van der Waals surface area contributed by atoms with Gasteiger partial charge in [0.15, 0.2) is 0 Å². The van der Waals surface area contributed by atoms with Crippen LogP contribution < -0.4 is 10.6 Å². The van der Waals surface area contributed by atoms with E-state index in [1.807, 2.05) is 0 Å². The highest BCUT2D eigenvalue weighted by Crippen LogP contribution is 2.34. The number of nitro groups is 1. The molecule has 0 saturated carbocycles. The Bertz CT molecular complexity index is 456. The molecular weight excluding hydrogens is 281 g/mol. The van der Waals surface area contributed by atoms with Crippen molar-refractivity contribution in [3.63, 3.8) is 0 Å². The molecule has 0 bridgehead atoms. The van der Waals surface area contributed by atoms with Crippen LogP contribution in [0.4, 0.5) is 11.4 Å². The first-order valence-electron chi connectivity index (χ1n) is 5.03. The Hall–Kier alpha value is -1.53. The highest BCUT2D eigenvalue weighted by molar-refractivity contribution is 6.39. The second-order valence-corrected chi connectivity index (χ2v) is 4.27. The summed E-state index contributed by atoms with van der Waals surface area (Å²) in [6.07, 6.45) is 0. The molecule has 0 aliphatic carbocycles. The van der Waals surface area contributed by atoms with Crippen LogP contribution in [0.15, 0.2) is 12.1 Å². The quantitative estimate of drug-likeness (QED) is 0.496. The summed E-state index contributed by atoms with van der Waals surface area (Å²) in [5.74, 6) is -0.141. The number of hydrogen-bond donors (Lipinski definition) is 2. The van der Waals surface area contributed by atoms with E-state index >= 15 is 0 Å². The summed E-state index contributed by atoms with van der Waals surface area (Å²) in [5, 5.41) is 16.4. The average Bonchev–Trinajstić information content (AvgIpc) is 2.26. The lowest BCUT2D eigenvalue weighted by atomic mass is 10.2. The number of amides is 1. The molecule has 1 aromatic carbocycles. The molecule has 0 aromatic heterocycles. The summed E-state index contributed by atoms with van der Waals surface area (Å²) in [6, 6.07) is 2.43. The number of non-ortho nitro benzene ring substituents is 1. The minimum absolute atomic E-state index is 0.141. The summed E-state index contributed by atoms with van der Waals surface area (Å²) in [4.78, 5) is 20.6. The van der Waals surface area contributed by atoms with Gasteiger partial charge in [-0.3, -0.25) is 14.9 Å². The molecule has 98 valence electrons. The van der Waals surface area contributed by atoms with Crippen LogP contribution in [0.25, 0.3) is 0 Å². The second-order valence-electron chi connectivity index (χ2n) is 3.45. The van der Waals surface area contributed by atoms with Gasteiger partial charge < -0.3 is 10.6 Å². The molecule has 0 heterocycles. The third kappa shape index (κ3) is 4.05. The van der Waals surface area contributed by atoms with Crippen molar-refractivity contribution in [1.82, 2.24) is 5.32 Å². The van der Waals surface area contributed by atoms with Gasteiger partial charge in [-0.05, 0) is 0 Å². The zero-order valence-corrected chi connectivity index (χ0v) is 11.0. The Balaban J connectivity index is 2.72. The molecule has 8 heteroatoms. The Morgan fingerprint density at radius 3 is 2.33 bits per heavy atom. The van der Waals surface area contributed by atoms with Gasteiger partial charge in [-0.15, -0.1) is 0 Å². The number of halogens is 2. The number of anilines is 1. The first-order chi connectivity index (χ1) is 8.41. The number of nitrogens with one attached hydrogen (secondary N) is 2. The highest BCUT2D eigenvalue weighted by Gasteiger charge is 2.14. The van der Waals surface area contributed by atoms with Crippen LogP contribution in [0, 0.1) is 10.1 Å². The molecule has 1 aromatic rings. The minimum atomic E-state index is -0.571. The molecule has 0 aliphatic heterocycles. The van der Waals surface area contributed by atoms with E-state index in [1.54, 1.807) is 0 Å². The number of benzene rings is 1. The van der Waals surface area contributed by atoms with Crippen LogP contribution in [0.1, 0.15) is 6.92 Å². The minimum Gasteiger partial charge on any atom is -0.381 e. The van der Waals surface area contributed by atoms with E-state index in [0.29, 0.717) is 18.8 Å². The Kier molecular flexibility index (Phi) is 5.18. The van der Waals surface area contributed by atoms with Gasteiger partial charge in [0.2, 0.25) is 5.91 Å². The standard InChI is InChI=1S/C10H11Cl2N3O3/c1-6(16)13-2-3-14-10-8(11)4-7(15(17)18)5-9(10)12/h4-5,14H,2-3H2,1H3,(H,13,16). The molecule has 6 nitrogen and oxygen atoms in total. The molecule has 0 aliphatic rings. The molecule has 0 unspecified atom stereocenters. The van der Waals surface area contributed by atoms with Gasteiger partial charge in [-0.2, -0.15) is 0 Å². The van der Waals surface area contributed by atoms with Crippen molar-refractivity contribution in [3.05, 3.63) is 32.3 Å². The molecule has 2 N–H and O–H groups in total. The summed E-state index contributed by atoms with van der Waals surface area (Å²) < 4.78 is 0. The van der Waals surface area contributed by atoms with Crippen LogP contribution in [0.5, 0.6) is 0 Å². The van der Waals surface area contributed by atoms with Crippen LogP contribution >= 0.6 is 23.2 Å². The third-order valence-corrected chi connectivity index (χ3v) is 2.63. The van der Waals surface area contributed by atoms with E-state index in [-0.39, 0.29) is 21.6 Å². The maximum atomic E-state index is 10.6. The maximum Gasteiger partial charge on any atom is 0.272 e. The van der Waals surface area contributed by atoms with Crippen LogP contribution in [0.2, 0.25) is 10.0 Å². The van der Waals surface area contributed by atoms with E-state index < -0.39 is 4.92 Å². The summed E-state index contributed by atoms with van der Waals surface area (Å²) >= 11 is 11.8. The number of rotatable bonds is 5. The Labute approximate surface area is 113 Å². The third-order valence-electron chi connectivity index (χ3n) is 2.04. The topological polar surface area (TPSA) is 84.3 Å². The normalized spacial score (nSPS) is 9.94. The molecule has 1 amide bonds. The van der Waals surface area contributed by atoms with Gasteiger partial charge >= 0.3 is 0 Å². The average molecular weight is 292 g/mol. The molecule has 0 spiro atoms. The Morgan fingerprint density at radius 2 is 1.89 bits per heavy atom. The summed E-state index contributed by atoms with van der Waals surface area (Å²) in [7, 11) is 0. The lowest BCUT2D eigenvalue weighted by Gasteiger charge is -2.10. The van der Waals surface area contributed by atoms with Crippen molar-refractivity contribution in [3.8, 4) is 0 Å². The lowest BCUT2D eigenvalue weighted by Crippen LogP contribution is -2.26. The molecule has 0 radical (unpaired) electrons. The lowest BCUT2D eigenvalue weighted by molar-refractivity contribution is -0.384. The monoisotopic (exact) mass is 291 g/mol. The predicted molar refractivity (Wildman–Crippen MR) is 70.3 cm³/mol. The van der Waals surface area contributed by atoms with Crippen molar-refractivity contribution >= 4 is 40.5 Å². The summed E-state index contributed by atoms with van der Waals surface area (Å²) in [5.41, 5.74) is 0.242. The van der Waals surface area contributed by atoms with Crippen LogP contribution in [-0.4, -0.2) is 23.9 Å². The molecule has 1 rings (SSSR count). The fourth-order valence-corrected chi connectivity index (χ4v) is 1.87. The summed E-state index contributed by atoms with van der Waals surface area (Å²) in [6.45, 7) is 2.22. The fourth-order valence-electron chi connectivity index (χ4n) is 1.26. The molecule has 0 fully saturated rings. The molecular formula is C10H11Cl2N3O3. The van der Waals surface area contributed by atoms with Crippen molar-refractivity contribution in [2.75, 3.05) is 18.4 Å². The number of nitrogens with zero attached hydrogens (tertiary/aromatic N) is 1. The Morgan fingerprint density at radius 1 is 1.33 bits per heavy atom. The smallest absolute Gasteiger partial charge is 0.272 e. The van der Waals surface area contributed by atoms with Crippen molar-refractivity contribution < 1.29 is 9.72 Å². The van der Waals surface area contributed by atoms with E-state index in [9.17, 15) is 14.9 Å². The number of carbonyl (C=O) groups excluding carboxylic acids is 1. The van der Waals surface area contributed by atoms with Gasteiger partial charge in [-0.1, -0.05) is 23.2 Å². The predicted octanol–water partition coefficient (Wildman–Crippen LogP) is 2.45. The van der Waals surface area contributed by atoms with E-state index in [0.717, 1.165) is 0 Å². The zero-order valence-electron chi connectivity index (χ0n) is 9.50. The van der Waals surface area contributed by atoms with Crippen molar-refractivity contribution in [1.29, 1.82) is 0 Å². The largest absolute Gasteiger partial charge is 0.381 e. The van der Waals surface area contributed by atoms with Crippen LogP contribution in [-0.2, 0) is 4.79 Å². The van der Waals surface area contributed by atoms with Gasteiger partial charge in [-0.25, -0.2) is 0 Å². The van der Waals surface area contributed by atoms with E-state index in [4.69, 9.17) is 23.2 Å². The molecule has 18 heavy (non-hydrogen) atoms. The molecule has 0 saturated heterocycles. The number of carbonyl (C=O) groups is 1. The first kappa shape index (κ1) is 14.5. The van der Waals surface area contributed by atoms with Gasteiger partial charge in [0, 0.05) is 32.1 Å². The zero-order chi connectivity index (χ0) is 13.7. The van der Waals surface area contributed by atoms with Crippen LogP contribution in [0.3, 0.4) is 0 Å². The van der Waals surface area contributed by atoms with Gasteiger partial charge in [0.25, 0.3) is 5.69 Å². The number of hydrogen-bond acceptors (Lipinski definition) is 4. The fraction of sp³-hybridized carbons (Fsp3) is 0.300. The van der Waals surface area contributed by atoms with E-state index in [1.165, 1.54) is 19.1 Å². The molecule has 0 atom stereocenters. The first-order valence-corrected chi connectivity index (χ1v) is 5.79. The maximum absolute atomic E-state index is 10.6.